The first kappa shape index (κ1) is 24.5. The number of carbonyl (C=O) groups is 1. The van der Waals surface area contributed by atoms with E-state index in [1.807, 2.05) is 49.4 Å². The van der Waals surface area contributed by atoms with Crippen molar-refractivity contribution in [2.75, 3.05) is 29.7 Å². The highest BCUT2D eigenvalue weighted by molar-refractivity contribution is 7.90. The lowest BCUT2D eigenvalue weighted by atomic mass is 9.92. The van der Waals surface area contributed by atoms with Crippen molar-refractivity contribution >= 4 is 38.2 Å². The molecule has 2 aliphatic carbocycles. The van der Waals surface area contributed by atoms with Gasteiger partial charge in [-0.1, -0.05) is 12.1 Å². The van der Waals surface area contributed by atoms with Crippen LogP contribution in [0.25, 0.3) is 22.2 Å². The molecule has 192 valence electrons. The molecule has 1 heterocycles. The Bertz CT molecular complexity index is 1370. The third-order valence-corrected chi connectivity index (χ3v) is 8.07. The van der Waals surface area contributed by atoms with Crippen LogP contribution in [0, 0.1) is 5.92 Å². The first-order valence-corrected chi connectivity index (χ1v) is 14.6. The van der Waals surface area contributed by atoms with E-state index in [4.69, 9.17) is 15.2 Å². The quantitative estimate of drug-likeness (QED) is 0.398. The van der Waals surface area contributed by atoms with Crippen molar-refractivity contribution in [1.29, 1.82) is 0 Å². The van der Waals surface area contributed by atoms with Gasteiger partial charge in [0.2, 0.25) is 0 Å². The number of hydrogen-bond acceptors (Lipinski definition) is 6. The lowest BCUT2D eigenvalue weighted by Gasteiger charge is -2.30. The van der Waals surface area contributed by atoms with Gasteiger partial charge >= 0.3 is 6.09 Å². The van der Waals surface area contributed by atoms with Gasteiger partial charge in [0.1, 0.15) is 18.5 Å². The Labute approximate surface area is 211 Å². The predicted molar refractivity (Wildman–Crippen MR) is 142 cm³/mol. The number of amides is 1. The van der Waals surface area contributed by atoms with Crippen LogP contribution in [0.2, 0.25) is 0 Å². The SMILES string of the molecule is C[C@@H](OC(=O)Nc1ccc(-c2c(N)c3ccc(OCCS(C)(=O)=O)cc3n2C2CCC2)cc1)C1CC1. The van der Waals surface area contributed by atoms with E-state index in [-0.39, 0.29) is 18.5 Å². The maximum atomic E-state index is 12.2. The van der Waals surface area contributed by atoms with Crippen molar-refractivity contribution in [2.45, 2.75) is 51.2 Å². The highest BCUT2D eigenvalue weighted by Gasteiger charge is 2.31. The highest BCUT2D eigenvalue weighted by Crippen LogP contribution is 2.45. The molecule has 0 bridgehead atoms. The molecule has 1 atom stereocenters. The Kier molecular flexibility index (Phi) is 6.59. The summed E-state index contributed by atoms with van der Waals surface area (Å²) in [6, 6.07) is 13.7. The van der Waals surface area contributed by atoms with Crippen molar-refractivity contribution in [1.82, 2.24) is 4.57 Å². The fourth-order valence-corrected chi connectivity index (χ4v) is 5.11. The van der Waals surface area contributed by atoms with E-state index in [2.05, 4.69) is 9.88 Å². The van der Waals surface area contributed by atoms with Crippen molar-refractivity contribution < 1.29 is 22.7 Å². The maximum absolute atomic E-state index is 12.2. The van der Waals surface area contributed by atoms with E-state index in [1.54, 1.807) is 0 Å². The number of benzene rings is 2. The molecular weight excluding hydrogens is 478 g/mol. The van der Waals surface area contributed by atoms with Crippen molar-refractivity contribution in [3.63, 3.8) is 0 Å². The molecule has 0 aliphatic heterocycles. The number of anilines is 2. The van der Waals surface area contributed by atoms with Gasteiger partial charge in [0, 0.05) is 35.0 Å². The third kappa shape index (κ3) is 5.31. The summed E-state index contributed by atoms with van der Waals surface area (Å²) < 4.78 is 36.4. The number of aromatic nitrogens is 1. The van der Waals surface area contributed by atoms with Gasteiger partial charge in [0.25, 0.3) is 0 Å². The summed E-state index contributed by atoms with van der Waals surface area (Å²) >= 11 is 0. The van der Waals surface area contributed by atoms with Crippen molar-refractivity contribution in [3.05, 3.63) is 42.5 Å². The molecular formula is C27H33N3O5S. The van der Waals surface area contributed by atoms with Crippen LogP contribution in [-0.2, 0) is 14.6 Å². The van der Waals surface area contributed by atoms with E-state index < -0.39 is 15.9 Å². The first-order chi connectivity index (χ1) is 17.2. The largest absolute Gasteiger partial charge is 0.492 e. The molecule has 8 nitrogen and oxygen atoms in total. The molecule has 0 saturated heterocycles. The normalized spacial score (nSPS) is 16.9. The Hall–Kier alpha value is -3.20. The molecule has 1 aromatic heterocycles. The van der Waals surface area contributed by atoms with E-state index in [0.717, 1.165) is 47.8 Å². The number of ether oxygens (including phenoxy) is 2. The van der Waals surface area contributed by atoms with E-state index in [9.17, 15) is 13.2 Å². The Morgan fingerprint density at radius 1 is 1.14 bits per heavy atom. The average molecular weight is 512 g/mol. The second kappa shape index (κ2) is 9.69. The Morgan fingerprint density at radius 2 is 1.86 bits per heavy atom. The van der Waals surface area contributed by atoms with Crippen LogP contribution in [0.4, 0.5) is 16.2 Å². The zero-order valence-corrected chi connectivity index (χ0v) is 21.5. The number of nitrogens with one attached hydrogen (secondary N) is 1. The summed E-state index contributed by atoms with van der Waals surface area (Å²) in [6.45, 7) is 2.04. The van der Waals surface area contributed by atoms with E-state index in [1.165, 1.54) is 12.7 Å². The van der Waals surface area contributed by atoms with Gasteiger partial charge in [-0.15, -0.1) is 0 Å². The van der Waals surface area contributed by atoms with E-state index >= 15 is 0 Å². The molecule has 1 amide bonds. The smallest absolute Gasteiger partial charge is 0.411 e. The summed E-state index contributed by atoms with van der Waals surface area (Å²) in [6.07, 6.45) is 6.24. The molecule has 2 aromatic carbocycles. The Balaban J connectivity index is 1.40. The maximum Gasteiger partial charge on any atom is 0.411 e. The number of nitrogen functional groups attached to an aromatic ring is 1. The number of rotatable bonds is 9. The topological polar surface area (TPSA) is 113 Å². The fourth-order valence-electron chi connectivity index (χ4n) is 4.73. The molecule has 3 aromatic rings. The Morgan fingerprint density at radius 3 is 2.47 bits per heavy atom. The molecule has 9 heteroatoms. The number of nitrogens with two attached hydrogens (primary N) is 1. The number of carbonyl (C=O) groups excluding carboxylic acids is 1. The van der Waals surface area contributed by atoms with Gasteiger partial charge in [-0.05, 0) is 69.2 Å². The minimum absolute atomic E-state index is 0.0323. The number of fused-ring (bicyclic) bond motifs is 1. The van der Waals surface area contributed by atoms with Crippen molar-refractivity contribution in [3.8, 4) is 17.0 Å². The van der Waals surface area contributed by atoms with Crippen LogP contribution in [0.3, 0.4) is 0 Å². The summed E-state index contributed by atoms with van der Waals surface area (Å²) in [7, 11) is -3.09. The summed E-state index contributed by atoms with van der Waals surface area (Å²) in [5, 5.41) is 3.75. The second-order valence-electron chi connectivity index (χ2n) is 10.0. The lowest BCUT2D eigenvalue weighted by molar-refractivity contribution is 0.108. The van der Waals surface area contributed by atoms with Crippen molar-refractivity contribution in [2.24, 2.45) is 5.92 Å². The molecule has 0 spiro atoms. The molecule has 2 saturated carbocycles. The summed E-state index contributed by atoms with van der Waals surface area (Å²) in [5.41, 5.74) is 10.9. The zero-order chi connectivity index (χ0) is 25.4. The predicted octanol–water partition coefficient (Wildman–Crippen LogP) is 5.39. The standard InChI is InChI=1S/C27H33N3O5S/c1-17(18-6-7-18)35-27(31)29-20-10-8-19(9-11-20)26-25(28)23-13-12-22(34-14-15-36(2,32)33)16-24(23)30(26)21-4-3-5-21/h8-13,16-18,21H,3-7,14-15,28H2,1-2H3,(H,29,31)/t17-/m1/s1. The van der Waals surface area contributed by atoms with E-state index in [0.29, 0.717) is 29.1 Å². The minimum Gasteiger partial charge on any atom is -0.492 e. The molecule has 2 aliphatic rings. The van der Waals surface area contributed by atoms with Crippen LogP contribution in [-0.4, -0.2) is 43.8 Å². The average Bonchev–Trinajstić information content (AvgIpc) is 3.59. The van der Waals surface area contributed by atoms with Crippen LogP contribution >= 0.6 is 0 Å². The van der Waals surface area contributed by atoms with Crippen LogP contribution in [0.1, 0.15) is 45.1 Å². The van der Waals surface area contributed by atoms with Crippen LogP contribution < -0.4 is 15.8 Å². The van der Waals surface area contributed by atoms with Gasteiger partial charge < -0.3 is 19.8 Å². The number of hydrogen-bond donors (Lipinski definition) is 2. The van der Waals surface area contributed by atoms with Crippen LogP contribution in [0.5, 0.6) is 5.75 Å². The minimum atomic E-state index is -3.09. The van der Waals surface area contributed by atoms with Gasteiger partial charge in [-0.2, -0.15) is 0 Å². The molecule has 0 unspecified atom stereocenters. The number of nitrogens with zero attached hydrogens (tertiary/aromatic N) is 1. The van der Waals surface area contributed by atoms with Gasteiger partial charge in [-0.3, -0.25) is 5.32 Å². The second-order valence-corrected chi connectivity index (χ2v) is 12.3. The monoisotopic (exact) mass is 511 g/mol. The van der Waals surface area contributed by atoms with Gasteiger partial charge in [0.05, 0.1) is 22.7 Å². The first-order valence-electron chi connectivity index (χ1n) is 12.5. The third-order valence-electron chi connectivity index (χ3n) is 7.16. The molecule has 0 radical (unpaired) electrons. The molecule has 36 heavy (non-hydrogen) atoms. The molecule has 2 fully saturated rings. The summed E-state index contributed by atoms with van der Waals surface area (Å²) in [4.78, 5) is 12.2. The van der Waals surface area contributed by atoms with Crippen LogP contribution in [0.15, 0.2) is 42.5 Å². The van der Waals surface area contributed by atoms with Gasteiger partial charge in [-0.25, -0.2) is 13.2 Å². The highest BCUT2D eigenvalue weighted by atomic mass is 32.2. The molecule has 3 N–H and O–H groups in total. The fraction of sp³-hybridized carbons (Fsp3) is 0.444. The number of sulfone groups is 1. The van der Waals surface area contributed by atoms with Gasteiger partial charge in [0.15, 0.2) is 9.84 Å². The summed E-state index contributed by atoms with van der Waals surface area (Å²) in [5.74, 6) is 1.07. The molecule has 5 rings (SSSR count). The zero-order valence-electron chi connectivity index (χ0n) is 20.7. The lowest BCUT2D eigenvalue weighted by Crippen LogP contribution is -2.21.